The van der Waals surface area contributed by atoms with Gasteiger partial charge in [0.05, 0.1) is 6.54 Å². The molecule has 1 aromatic heterocycles. The van der Waals surface area contributed by atoms with E-state index in [9.17, 15) is 8.42 Å². The third-order valence-corrected chi connectivity index (χ3v) is 5.24. The molecule has 2 N–H and O–H groups in total. The van der Waals surface area contributed by atoms with Crippen molar-refractivity contribution in [1.82, 2.24) is 10.0 Å². The molecular formula is C13H22N2O3S. The van der Waals surface area contributed by atoms with Crippen molar-refractivity contribution in [3.63, 3.8) is 0 Å². The summed E-state index contributed by atoms with van der Waals surface area (Å²) in [6, 6.07) is 3.66. The smallest absolute Gasteiger partial charge is 0.273 e. The lowest BCUT2D eigenvalue weighted by molar-refractivity contribution is 0.272. The number of furan rings is 1. The van der Waals surface area contributed by atoms with Gasteiger partial charge in [-0.1, -0.05) is 20.3 Å². The molecule has 1 saturated carbocycles. The minimum Gasteiger partial charge on any atom is -0.447 e. The van der Waals surface area contributed by atoms with Gasteiger partial charge in [0, 0.05) is 6.04 Å². The summed E-state index contributed by atoms with van der Waals surface area (Å²) in [5.74, 6) is 0.650. The Hall–Kier alpha value is -0.850. The highest BCUT2D eigenvalue weighted by Crippen LogP contribution is 2.37. The first-order valence-electron chi connectivity index (χ1n) is 6.61. The molecule has 19 heavy (non-hydrogen) atoms. The average Bonchev–Trinajstić information content (AvgIpc) is 2.93. The summed E-state index contributed by atoms with van der Waals surface area (Å²) < 4.78 is 30.7. The molecule has 2 rings (SSSR count). The molecule has 1 aliphatic carbocycles. The van der Waals surface area contributed by atoms with E-state index < -0.39 is 10.0 Å². The van der Waals surface area contributed by atoms with Crippen LogP contribution in [0.2, 0.25) is 0 Å². The van der Waals surface area contributed by atoms with Gasteiger partial charge >= 0.3 is 0 Å². The molecule has 0 aliphatic heterocycles. The fourth-order valence-electron chi connectivity index (χ4n) is 2.63. The van der Waals surface area contributed by atoms with Crippen molar-refractivity contribution in [2.75, 3.05) is 7.05 Å². The fraction of sp³-hybridized carbons (Fsp3) is 0.692. The van der Waals surface area contributed by atoms with E-state index in [-0.39, 0.29) is 5.09 Å². The zero-order chi connectivity index (χ0) is 14.1. The summed E-state index contributed by atoms with van der Waals surface area (Å²) in [5, 5.41) is 3.43. The predicted molar refractivity (Wildman–Crippen MR) is 73.2 cm³/mol. The Morgan fingerprint density at radius 3 is 2.74 bits per heavy atom. The van der Waals surface area contributed by atoms with E-state index in [4.69, 9.17) is 4.42 Å². The Morgan fingerprint density at radius 2 is 2.16 bits per heavy atom. The normalized spacial score (nSPS) is 22.8. The van der Waals surface area contributed by atoms with Crippen LogP contribution in [0.1, 0.15) is 38.9 Å². The number of rotatable bonds is 5. The summed E-state index contributed by atoms with van der Waals surface area (Å²) in [7, 11) is -2.11. The molecule has 1 fully saturated rings. The Morgan fingerprint density at radius 1 is 1.42 bits per heavy atom. The van der Waals surface area contributed by atoms with Crippen LogP contribution in [-0.2, 0) is 16.6 Å². The Balaban J connectivity index is 1.98. The van der Waals surface area contributed by atoms with Crippen molar-refractivity contribution in [2.45, 2.75) is 50.8 Å². The molecule has 1 heterocycles. The molecule has 0 aromatic carbocycles. The van der Waals surface area contributed by atoms with Gasteiger partial charge in [0.1, 0.15) is 5.76 Å². The van der Waals surface area contributed by atoms with Crippen LogP contribution in [-0.4, -0.2) is 21.5 Å². The molecule has 0 bridgehead atoms. The van der Waals surface area contributed by atoms with Gasteiger partial charge in [0.25, 0.3) is 10.0 Å². The lowest BCUT2D eigenvalue weighted by atomic mass is 9.87. The molecule has 0 saturated heterocycles. The average molecular weight is 286 g/mol. The van der Waals surface area contributed by atoms with Gasteiger partial charge in [0.15, 0.2) is 0 Å². The summed E-state index contributed by atoms with van der Waals surface area (Å²) in [6.07, 6.45) is 3.62. The van der Waals surface area contributed by atoms with Gasteiger partial charge in [-0.15, -0.1) is 0 Å². The Kier molecular flexibility index (Phi) is 4.03. The molecule has 0 amide bonds. The van der Waals surface area contributed by atoms with Crippen LogP contribution < -0.4 is 10.0 Å². The summed E-state index contributed by atoms with van der Waals surface area (Å²) >= 11 is 0. The zero-order valence-electron chi connectivity index (χ0n) is 11.7. The monoisotopic (exact) mass is 286 g/mol. The predicted octanol–water partition coefficient (Wildman–Crippen LogP) is 1.86. The zero-order valence-corrected chi connectivity index (χ0v) is 12.5. The number of hydrogen-bond donors (Lipinski definition) is 2. The number of nitrogens with one attached hydrogen (secondary N) is 2. The molecule has 1 aliphatic rings. The lowest BCUT2D eigenvalue weighted by Crippen LogP contribution is -2.37. The van der Waals surface area contributed by atoms with E-state index >= 15 is 0 Å². The van der Waals surface area contributed by atoms with Crippen molar-refractivity contribution in [2.24, 2.45) is 5.41 Å². The minimum atomic E-state index is -3.48. The van der Waals surface area contributed by atoms with E-state index in [0.29, 0.717) is 23.8 Å². The highest BCUT2D eigenvalue weighted by atomic mass is 32.2. The van der Waals surface area contributed by atoms with Crippen LogP contribution >= 0.6 is 0 Å². The third-order valence-electron chi connectivity index (χ3n) is 3.95. The lowest BCUT2D eigenvalue weighted by Gasteiger charge is -2.27. The molecular weight excluding hydrogens is 264 g/mol. The number of sulfonamides is 1. The van der Waals surface area contributed by atoms with Crippen LogP contribution in [0.3, 0.4) is 0 Å². The van der Waals surface area contributed by atoms with E-state index in [1.54, 1.807) is 6.07 Å². The molecule has 108 valence electrons. The molecule has 5 nitrogen and oxygen atoms in total. The van der Waals surface area contributed by atoms with Crippen molar-refractivity contribution in [3.05, 3.63) is 17.9 Å². The van der Waals surface area contributed by atoms with Crippen LogP contribution in [0.15, 0.2) is 21.6 Å². The molecule has 1 aromatic rings. The summed E-state index contributed by atoms with van der Waals surface area (Å²) in [4.78, 5) is 0. The van der Waals surface area contributed by atoms with E-state index in [0.717, 1.165) is 6.42 Å². The highest BCUT2D eigenvalue weighted by molar-refractivity contribution is 7.89. The Bertz CT molecular complexity index is 534. The summed E-state index contributed by atoms with van der Waals surface area (Å²) in [5.41, 5.74) is 0.298. The fourth-order valence-corrected chi connectivity index (χ4v) is 3.29. The quantitative estimate of drug-likeness (QED) is 0.866. The van der Waals surface area contributed by atoms with Gasteiger partial charge in [0.2, 0.25) is 5.09 Å². The number of hydrogen-bond acceptors (Lipinski definition) is 4. The van der Waals surface area contributed by atoms with Gasteiger partial charge in [-0.3, -0.25) is 0 Å². The minimum absolute atomic E-state index is 0.0301. The second-order valence-corrected chi connectivity index (χ2v) is 7.56. The van der Waals surface area contributed by atoms with E-state index in [1.807, 2.05) is 0 Å². The molecule has 1 unspecified atom stereocenters. The maximum absolute atomic E-state index is 11.6. The van der Waals surface area contributed by atoms with Crippen molar-refractivity contribution in [3.8, 4) is 0 Å². The largest absolute Gasteiger partial charge is 0.447 e. The van der Waals surface area contributed by atoms with Crippen LogP contribution in [0.5, 0.6) is 0 Å². The van der Waals surface area contributed by atoms with Crippen molar-refractivity contribution >= 4 is 10.0 Å². The first-order valence-corrected chi connectivity index (χ1v) is 8.09. The highest BCUT2D eigenvalue weighted by Gasteiger charge is 2.34. The Labute approximate surface area is 114 Å². The van der Waals surface area contributed by atoms with E-state index in [1.165, 1.54) is 26.0 Å². The van der Waals surface area contributed by atoms with E-state index in [2.05, 4.69) is 23.9 Å². The molecule has 0 spiro atoms. The summed E-state index contributed by atoms with van der Waals surface area (Å²) in [6.45, 7) is 5.08. The first kappa shape index (κ1) is 14.6. The standard InChI is InChI=1S/C13H22N2O3S/c1-13(2)8-4-5-11(13)15-9-10-6-7-12(18-10)19(16,17)14-3/h6-7,11,14-15H,4-5,8-9H2,1-3H3. The van der Waals surface area contributed by atoms with Gasteiger partial charge in [-0.2, -0.15) is 0 Å². The maximum Gasteiger partial charge on any atom is 0.273 e. The van der Waals surface area contributed by atoms with Gasteiger partial charge in [-0.25, -0.2) is 13.1 Å². The van der Waals surface area contributed by atoms with Crippen molar-refractivity contribution < 1.29 is 12.8 Å². The van der Waals surface area contributed by atoms with Crippen LogP contribution in [0.4, 0.5) is 0 Å². The van der Waals surface area contributed by atoms with Crippen molar-refractivity contribution in [1.29, 1.82) is 0 Å². The SMILES string of the molecule is CNS(=O)(=O)c1ccc(CNC2CCCC2(C)C)o1. The second kappa shape index (κ2) is 5.26. The second-order valence-electron chi connectivity index (χ2n) is 5.74. The van der Waals surface area contributed by atoms with Crippen LogP contribution in [0, 0.1) is 5.41 Å². The van der Waals surface area contributed by atoms with Gasteiger partial charge < -0.3 is 9.73 Å². The van der Waals surface area contributed by atoms with Gasteiger partial charge in [-0.05, 0) is 37.4 Å². The first-order chi connectivity index (χ1) is 8.85. The molecule has 6 heteroatoms. The topological polar surface area (TPSA) is 71.3 Å². The molecule has 1 atom stereocenters. The van der Waals surface area contributed by atoms with Crippen LogP contribution in [0.25, 0.3) is 0 Å². The third kappa shape index (κ3) is 3.19. The molecule has 0 radical (unpaired) electrons. The maximum atomic E-state index is 11.6.